The SMILES string of the molecule is COc1ccc(N2CC(C(=O)N(C)Cc3ccc(C)o3)CC2=O)c(OC)c1. The van der Waals surface area contributed by atoms with Crippen molar-refractivity contribution in [2.24, 2.45) is 5.92 Å². The summed E-state index contributed by atoms with van der Waals surface area (Å²) in [5, 5.41) is 0. The maximum absolute atomic E-state index is 12.8. The average Bonchev–Trinajstić information content (AvgIpc) is 3.25. The number of carbonyl (C=O) groups excluding carboxylic acids is 2. The van der Waals surface area contributed by atoms with E-state index >= 15 is 0 Å². The molecule has 1 aliphatic heterocycles. The van der Waals surface area contributed by atoms with Gasteiger partial charge >= 0.3 is 0 Å². The van der Waals surface area contributed by atoms with Crippen molar-refractivity contribution in [1.29, 1.82) is 0 Å². The Hall–Kier alpha value is -2.96. The van der Waals surface area contributed by atoms with Crippen LogP contribution in [-0.2, 0) is 16.1 Å². The summed E-state index contributed by atoms with van der Waals surface area (Å²) < 4.78 is 16.1. The van der Waals surface area contributed by atoms with E-state index in [2.05, 4.69) is 0 Å². The van der Waals surface area contributed by atoms with Gasteiger partial charge in [-0.3, -0.25) is 9.59 Å². The van der Waals surface area contributed by atoms with Crippen molar-refractivity contribution >= 4 is 17.5 Å². The monoisotopic (exact) mass is 372 g/mol. The van der Waals surface area contributed by atoms with Crippen molar-refractivity contribution in [2.75, 3.05) is 32.7 Å². The van der Waals surface area contributed by atoms with Crippen LogP contribution in [0.25, 0.3) is 0 Å². The van der Waals surface area contributed by atoms with Crippen LogP contribution in [0.5, 0.6) is 11.5 Å². The molecule has 1 unspecified atom stereocenters. The molecule has 2 amide bonds. The summed E-state index contributed by atoms with van der Waals surface area (Å²) >= 11 is 0. The molecule has 7 heteroatoms. The van der Waals surface area contributed by atoms with E-state index in [0.29, 0.717) is 30.3 Å². The first-order valence-corrected chi connectivity index (χ1v) is 8.75. The van der Waals surface area contributed by atoms with Crippen LogP contribution in [0.1, 0.15) is 17.9 Å². The van der Waals surface area contributed by atoms with Gasteiger partial charge in [0, 0.05) is 26.1 Å². The number of hydrogen-bond acceptors (Lipinski definition) is 5. The molecule has 0 aliphatic carbocycles. The van der Waals surface area contributed by atoms with Crippen LogP contribution in [0, 0.1) is 12.8 Å². The minimum Gasteiger partial charge on any atom is -0.497 e. The van der Waals surface area contributed by atoms with Crippen LogP contribution in [0.15, 0.2) is 34.7 Å². The molecule has 0 radical (unpaired) electrons. The summed E-state index contributed by atoms with van der Waals surface area (Å²) in [4.78, 5) is 28.5. The molecule has 144 valence electrons. The Balaban J connectivity index is 1.72. The second-order valence-corrected chi connectivity index (χ2v) is 6.65. The van der Waals surface area contributed by atoms with E-state index < -0.39 is 5.92 Å². The van der Waals surface area contributed by atoms with E-state index in [-0.39, 0.29) is 18.2 Å². The lowest BCUT2D eigenvalue weighted by molar-refractivity contribution is -0.135. The number of rotatable bonds is 6. The summed E-state index contributed by atoms with van der Waals surface area (Å²) in [6.07, 6.45) is 0.176. The number of nitrogens with zero attached hydrogens (tertiary/aromatic N) is 2. The van der Waals surface area contributed by atoms with Gasteiger partial charge in [-0.25, -0.2) is 0 Å². The van der Waals surface area contributed by atoms with E-state index in [1.165, 1.54) is 0 Å². The second-order valence-electron chi connectivity index (χ2n) is 6.65. The molecule has 2 heterocycles. The predicted octanol–water partition coefficient (Wildman–Crippen LogP) is 2.62. The lowest BCUT2D eigenvalue weighted by atomic mass is 10.1. The van der Waals surface area contributed by atoms with Crippen molar-refractivity contribution < 1.29 is 23.5 Å². The summed E-state index contributed by atoms with van der Waals surface area (Å²) in [5.41, 5.74) is 0.642. The Morgan fingerprint density at radius 2 is 2.04 bits per heavy atom. The predicted molar refractivity (Wildman–Crippen MR) is 99.9 cm³/mol. The molecule has 1 aromatic carbocycles. The highest BCUT2D eigenvalue weighted by molar-refractivity contribution is 6.01. The number of hydrogen-bond donors (Lipinski definition) is 0. The quantitative estimate of drug-likeness (QED) is 0.779. The van der Waals surface area contributed by atoms with Crippen molar-refractivity contribution in [3.63, 3.8) is 0 Å². The number of ether oxygens (including phenoxy) is 2. The lowest BCUT2D eigenvalue weighted by Crippen LogP contribution is -2.34. The zero-order chi connectivity index (χ0) is 19.6. The summed E-state index contributed by atoms with van der Waals surface area (Å²) in [6, 6.07) is 8.99. The number of methoxy groups -OCH3 is 2. The van der Waals surface area contributed by atoms with E-state index in [1.54, 1.807) is 49.3 Å². The number of aryl methyl sites for hydroxylation is 1. The van der Waals surface area contributed by atoms with Crippen LogP contribution in [-0.4, -0.2) is 44.5 Å². The third-order valence-electron chi connectivity index (χ3n) is 4.72. The normalized spacial score (nSPS) is 16.5. The Labute approximate surface area is 158 Å². The topological polar surface area (TPSA) is 72.2 Å². The highest BCUT2D eigenvalue weighted by Gasteiger charge is 2.37. The minimum absolute atomic E-state index is 0.0765. The van der Waals surface area contributed by atoms with Crippen LogP contribution >= 0.6 is 0 Å². The zero-order valence-corrected chi connectivity index (χ0v) is 16.0. The molecule has 1 aliphatic rings. The molecule has 1 aromatic heterocycles. The average molecular weight is 372 g/mol. The molecule has 0 N–H and O–H groups in total. The molecule has 27 heavy (non-hydrogen) atoms. The summed E-state index contributed by atoms with van der Waals surface area (Å²) in [5.74, 6) is 2.14. The fraction of sp³-hybridized carbons (Fsp3) is 0.400. The van der Waals surface area contributed by atoms with Gasteiger partial charge in [0.15, 0.2) is 0 Å². The van der Waals surface area contributed by atoms with Gasteiger partial charge in [0.2, 0.25) is 11.8 Å². The molecule has 0 saturated carbocycles. The third-order valence-corrected chi connectivity index (χ3v) is 4.72. The van der Waals surface area contributed by atoms with E-state index in [1.807, 2.05) is 19.1 Å². The highest BCUT2D eigenvalue weighted by Crippen LogP contribution is 2.36. The van der Waals surface area contributed by atoms with Crippen LogP contribution in [0.4, 0.5) is 5.69 Å². The molecule has 1 saturated heterocycles. The van der Waals surface area contributed by atoms with Gasteiger partial charge in [-0.05, 0) is 31.2 Å². The molecule has 0 bridgehead atoms. The number of carbonyl (C=O) groups is 2. The van der Waals surface area contributed by atoms with E-state index in [9.17, 15) is 9.59 Å². The highest BCUT2D eigenvalue weighted by atomic mass is 16.5. The number of furan rings is 1. The number of amides is 2. The Morgan fingerprint density at radius 1 is 1.26 bits per heavy atom. The van der Waals surface area contributed by atoms with Crippen LogP contribution in [0.2, 0.25) is 0 Å². The Kier molecular flexibility index (Phi) is 5.39. The van der Waals surface area contributed by atoms with Gasteiger partial charge < -0.3 is 23.7 Å². The van der Waals surface area contributed by atoms with Crippen molar-refractivity contribution in [2.45, 2.75) is 19.9 Å². The standard InChI is InChI=1S/C20H24N2O5/c1-13-5-6-16(27-13)12-21(2)20(24)14-9-19(23)22(11-14)17-8-7-15(25-3)10-18(17)26-4/h5-8,10,14H,9,11-12H2,1-4H3. The summed E-state index contributed by atoms with van der Waals surface area (Å²) in [7, 11) is 4.84. The molecule has 2 aromatic rings. The number of benzene rings is 1. The Morgan fingerprint density at radius 3 is 2.67 bits per heavy atom. The zero-order valence-electron chi connectivity index (χ0n) is 16.0. The van der Waals surface area contributed by atoms with Crippen LogP contribution in [0.3, 0.4) is 0 Å². The second kappa shape index (κ2) is 7.73. The lowest BCUT2D eigenvalue weighted by Gasteiger charge is -2.22. The van der Waals surface area contributed by atoms with Crippen molar-refractivity contribution in [3.05, 3.63) is 41.9 Å². The summed E-state index contributed by atoms with van der Waals surface area (Å²) in [6.45, 7) is 2.56. The molecule has 1 atom stereocenters. The van der Waals surface area contributed by atoms with Gasteiger partial charge in [0.25, 0.3) is 0 Å². The van der Waals surface area contributed by atoms with Gasteiger partial charge in [0.1, 0.15) is 23.0 Å². The smallest absolute Gasteiger partial charge is 0.228 e. The van der Waals surface area contributed by atoms with Gasteiger partial charge in [0.05, 0.1) is 32.4 Å². The third kappa shape index (κ3) is 3.92. The van der Waals surface area contributed by atoms with E-state index in [0.717, 1.165) is 11.5 Å². The molecule has 0 spiro atoms. The fourth-order valence-corrected chi connectivity index (χ4v) is 3.31. The molecule has 3 rings (SSSR count). The maximum Gasteiger partial charge on any atom is 0.228 e. The largest absolute Gasteiger partial charge is 0.497 e. The first-order chi connectivity index (χ1) is 12.9. The van der Waals surface area contributed by atoms with Gasteiger partial charge in [-0.1, -0.05) is 0 Å². The first-order valence-electron chi connectivity index (χ1n) is 8.75. The fourth-order valence-electron chi connectivity index (χ4n) is 3.31. The molecular formula is C20H24N2O5. The molecule has 1 fully saturated rings. The maximum atomic E-state index is 12.8. The number of anilines is 1. The molecular weight excluding hydrogens is 348 g/mol. The minimum atomic E-state index is -0.398. The van der Waals surface area contributed by atoms with Crippen molar-refractivity contribution in [3.8, 4) is 11.5 Å². The van der Waals surface area contributed by atoms with E-state index in [4.69, 9.17) is 13.9 Å². The molecule has 7 nitrogen and oxygen atoms in total. The Bertz CT molecular complexity index is 845. The van der Waals surface area contributed by atoms with Crippen molar-refractivity contribution in [1.82, 2.24) is 4.90 Å². The van der Waals surface area contributed by atoms with Gasteiger partial charge in [-0.15, -0.1) is 0 Å². The van der Waals surface area contributed by atoms with Gasteiger partial charge in [-0.2, -0.15) is 0 Å². The van der Waals surface area contributed by atoms with Crippen LogP contribution < -0.4 is 14.4 Å². The first kappa shape index (κ1) is 18.8.